The van der Waals surface area contributed by atoms with Gasteiger partial charge >= 0.3 is 0 Å². The van der Waals surface area contributed by atoms with E-state index in [1.165, 1.54) is 0 Å². The molecule has 0 unspecified atom stereocenters. The van der Waals surface area contributed by atoms with Crippen molar-refractivity contribution in [3.05, 3.63) is 60.2 Å². The Morgan fingerprint density at radius 1 is 0.958 bits per heavy atom. The minimum atomic E-state index is 0.148. The number of hydrogen-bond donors (Lipinski definition) is 3. The van der Waals surface area contributed by atoms with Crippen molar-refractivity contribution < 1.29 is 5.11 Å². The van der Waals surface area contributed by atoms with Gasteiger partial charge < -0.3 is 16.6 Å². The maximum Gasteiger partial charge on any atom is 0.154 e. The van der Waals surface area contributed by atoms with E-state index in [9.17, 15) is 5.11 Å². The molecule has 0 saturated carbocycles. The predicted molar refractivity (Wildman–Crippen MR) is 94.9 cm³/mol. The molecule has 0 spiro atoms. The summed E-state index contributed by atoms with van der Waals surface area (Å²) < 4.78 is 0. The van der Waals surface area contributed by atoms with Crippen LogP contribution in [0, 0.1) is 11.8 Å². The van der Waals surface area contributed by atoms with Crippen molar-refractivity contribution >= 4 is 5.82 Å². The summed E-state index contributed by atoms with van der Waals surface area (Å²) in [6.45, 7) is 0.326. The van der Waals surface area contributed by atoms with E-state index < -0.39 is 0 Å². The molecule has 0 fully saturated rings. The first-order chi connectivity index (χ1) is 11.7. The number of phenolic OH excluding ortho intramolecular Hbond substituents is 1. The van der Waals surface area contributed by atoms with E-state index in [1.54, 1.807) is 18.2 Å². The van der Waals surface area contributed by atoms with Gasteiger partial charge in [-0.2, -0.15) is 0 Å². The van der Waals surface area contributed by atoms with Crippen molar-refractivity contribution in [2.45, 2.75) is 0 Å². The highest BCUT2D eigenvalue weighted by atomic mass is 16.3. The molecule has 3 rings (SSSR count). The molecule has 5 heteroatoms. The second kappa shape index (κ2) is 6.82. The Morgan fingerprint density at radius 2 is 1.71 bits per heavy atom. The Hall–Kier alpha value is -3.36. The quantitative estimate of drug-likeness (QED) is 0.631. The van der Waals surface area contributed by atoms with Gasteiger partial charge in [-0.3, -0.25) is 0 Å². The summed E-state index contributed by atoms with van der Waals surface area (Å²) in [6, 6.07) is 16.4. The van der Waals surface area contributed by atoms with E-state index in [1.807, 2.05) is 36.4 Å². The number of benzene rings is 2. The van der Waals surface area contributed by atoms with E-state index in [0.717, 1.165) is 16.7 Å². The largest absolute Gasteiger partial charge is 0.507 e. The minimum Gasteiger partial charge on any atom is -0.507 e. The number of nitrogens with two attached hydrogens (primary N) is 2. The Labute approximate surface area is 140 Å². The molecule has 0 aliphatic heterocycles. The third-order valence-electron chi connectivity index (χ3n) is 3.53. The van der Waals surface area contributed by atoms with Crippen molar-refractivity contribution in [3.63, 3.8) is 0 Å². The molecule has 0 radical (unpaired) electrons. The smallest absolute Gasteiger partial charge is 0.154 e. The van der Waals surface area contributed by atoms with Gasteiger partial charge in [0.2, 0.25) is 0 Å². The Morgan fingerprint density at radius 3 is 2.42 bits per heavy atom. The highest BCUT2D eigenvalue weighted by Crippen LogP contribution is 2.31. The molecule has 24 heavy (non-hydrogen) atoms. The zero-order valence-corrected chi connectivity index (χ0v) is 12.9. The van der Waals surface area contributed by atoms with Gasteiger partial charge in [0.25, 0.3) is 0 Å². The zero-order valence-electron chi connectivity index (χ0n) is 12.9. The van der Waals surface area contributed by atoms with Gasteiger partial charge in [-0.1, -0.05) is 36.1 Å². The zero-order chi connectivity index (χ0) is 16.9. The van der Waals surface area contributed by atoms with E-state index in [4.69, 9.17) is 11.5 Å². The first-order valence-electron chi connectivity index (χ1n) is 7.40. The van der Waals surface area contributed by atoms with Crippen LogP contribution in [0.4, 0.5) is 5.82 Å². The molecule has 1 heterocycles. The van der Waals surface area contributed by atoms with Crippen molar-refractivity contribution in [3.8, 4) is 40.0 Å². The summed E-state index contributed by atoms with van der Waals surface area (Å²) >= 11 is 0. The van der Waals surface area contributed by atoms with Crippen molar-refractivity contribution in [1.29, 1.82) is 0 Å². The van der Waals surface area contributed by atoms with Crippen LogP contribution in [0.25, 0.3) is 22.4 Å². The van der Waals surface area contributed by atoms with Gasteiger partial charge in [0.1, 0.15) is 5.75 Å². The van der Waals surface area contributed by atoms with E-state index >= 15 is 0 Å². The lowest BCUT2D eigenvalue weighted by Gasteiger charge is -2.08. The third kappa shape index (κ3) is 3.19. The average molecular weight is 316 g/mol. The number of rotatable bonds is 2. The van der Waals surface area contributed by atoms with Gasteiger partial charge in [0, 0.05) is 16.7 Å². The first-order valence-corrected chi connectivity index (χ1v) is 7.40. The summed E-state index contributed by atoms with van der Waals surface area (Å²) in [5.74, 6) is 6.27. The van der Waals surface area contributed by atoms with Crippen LogP contribution in [0.3, 0.4) is 0 Å². The molecule has 5 N–H and O–H groups in total. The highest BCUT2D eigenvalue weighted by Gasteiger charge is 2.11. The molecule has 1 aromatic heterocycles. The van der Waals surface area contributed by atoms with Gasteiger partial charge in [0.05, 0.1) is 12.2 Å². The molecule has 5 nitrogen and oxygen atoms in total. The molecule has 118 valence electrons. The summed E-state index contributed by atoms with van der Waals surface area (Å²) in [4.78, 5) is 0. The van der Waals surface area contributed by atoms with Crippen molar-refractivity contribution in [2.75, 3.05) is 12.3 Å². The van der Waals surface area contributed by atoms with E-state index in [2.05, 4.69) is 22.0 Å². The maximum atomic E-state index is 9.99. The maximum absolute atomic E-state index is 9.99. The number of nitrogens with zero attached hydrogens (tertiary/aromatic N) is 2. The Balaban J connectivity index is 2.02. The van der Waals surface area contributed by atoms with Crippen LogP contribution in [-0.2, 0) is 0 Å². The second-order valence-corrected chi connectivity index (χ2v) is 5.13. The van der Waals surface area contributed by atoms with Crippen LogP contribution < -0.4 is 11.5 Å². The molecule has 0 aliphatic rings. The minimum absolute atomic E-state index is 0.148. The lowest BCUT2D eigenvalue weighted by molar-refractivity contribution is 0.477. The average Bonchev–Trinajstić information content (AvgIpc) is 2.61. The highest BCUT2D eigenvalue weighted by molar-refractivity contribution is 5.79. The van der Waals surface area contributed by atoms with Crippen LogP contribution in [0.1, 0.15) is 5.56 Å². The molecule has 0 bridgehead atoms. The van der Waals surface area contributed by atoms with Crippen molar-refractivity contribution in [1.82, 2.24) is 10.2 Å². The third-order valence-corrected chi connectivity index (χ3v) is 3.53. The number of aromatic nitrogens is 2. The molecular formula is C19H16N4O. The molecule has 0 atom stereocenters. The molecular weight excluding hydrogens is 300 g/mol. The summed E-state index contributed by atoms with van der Waals surface area (Å²) in [7, 11) is 0. The normalized spacial score (nSPS) is 10.0. The van der Waals surface area contributed by atoms with Crippen LogP contribution in [0.2, 0.25) is 0 Å². The summed E-state index contributed by atoms with van der Waals surface area (Å²) in [5.41, 5.74) is 15.1. The van der Waals surface area contributed by atoms with Gasteiger partial charge in [-0.25, -0.2) is 0 Å². The lowest BCUT2D eigenvalue weighted by atomic mass is 10.0. The number of anilines is 1. The van der Waals surface area contributed by atoms with Crippen LogP contribution in [-0.4, -0.2) is 21.8 Å². The SMILES string of the molecule is NCC#Cc1ccc(-c2cc(-c3ccccc3O)nnc2N)cc1. The van der Waals surface area contributed by atoms with Crippen LogP contribution in [0.15, 0.2) is 54.6 Å². The van der Waals surface area contributed by atoms with E-state index in [0.29, 0.717) is 23.6 Å². The molecule has 3 aromatic rings. The standard InChI is InChI=1S/C19H16N4O/c20-11-3-4-13-7-9-14(10-8-13)16-12-17(22-23-19(16)21)15-5-1-2-6-18(15)24/h1-2,5-10,12,24H,11,20H2,(H2,21,23). The second-order valence-electron chi connectivity index (χ2n) is 5.13. The number of para-hydroxylation sites is 1. The molecule has 0 aliphatic carbocycles. The van der Waals surface area contributed by atoms with Crippen LogP contribution >= 0.6 is 0 Å². The van der Waals surface area contributed by atoms with Crippen LogP contribution in [0.5, 0.6) is 5.75 Å². The van der Waals surface area contributed by atoms with Gasteiger partial charge in [-0.05, 0) is 35.9 Å². The summed E-state index contributed by atoms with van der Waals surface area (Å²) in [6.07, 6.45) is 0. The molecule has 0 saturated heterocycles. The first kappa shape index (κ1) is 15.5. The van der Waals surface area contributed by atoms with E-state index in [-0.39, 0.29) is 5.75 Å². The Kier molecular flexibility index (Phi) is 4.41. The number of phenols is 1. The fourth-order valence-electron chi connectivity index (χ4n) is 2.34. The molecule has 0 amide bonds. The lowest BCUT2D eigenvalue weighted by Crippen LogP contribution is -1.98. The van der Waals surface area contributed by atoms with Gasteiger partial charge in [0.15, 0.2) is 5.82 Å². The fraction of sp³-hybridized carbons (Fsp3) is 0.0526. The molecule has 2 aromatic carbocycles. The summed E-state index contributed by atoms with van der Waals surface area (Å²) in [5, 5.41) is 18.1. The predicted octanol–water partition coefficient (Wildman–Crippen LogP) is 2.41. The number of hydrogen-bond acceptors (Lipinski definition) is 5. The fourth-order valence-corrected chi connectivity index (χ4v) is 2.34. The topological polar surface area (TPSA) is 98.0 Å². The van der Waals surface area contributed by atoms with Crippen molar-refractivity contribution in [2.24, 2.45) is 5.73 Å². The number of nitrogen functional groups attached to an aromatic ring is 1. The van der Waals surface area contributed by atoms with Gasteiger partial charge in [-0.15, -0.1) is 10.2 Å². The monoisotopic (exact) mass is 316 g/mol. The Bertz CT molecular complexity index is 924. The number of aromatic hydroxyl groups is 1.